The molecule has 4 rings (SSSR count). The van der Waals surface area contributed by atoms with Gasteiger partial charge in [0, 0.05) is 36.3 Å². The smallest absolute Gasteiger partial charge is 0.321 e. The average molecular weight is 423 g/mol. The number of hydrogen-bond acceptors (Lipinski definition) is 6. The van der Waals surface area contributed by atoms with Crippen LogP contribution in [0.2, 0.25) is 0 Å². The molecule has 0 aliphatic heterocycles. The lowest BCUT2D eigenvalue weighted by molar-refractivity contribution is 0.252. The molecule has 0 fully saturated rings. The Morgan fingerprint density at radius 3 is 2.65 bits per heavy atom. The first-order chi connectivity index (χ1) is 14.6. The Morgan fingerprint density at radius 2 is 1.97 bits per heavy atom. The van der Waals surface area contributed by atoms with Crippen LogP contribution in [0.4, 0.5) is 15.1 Å². The van der Waals surface area contributed by atoms with Crippen molar-refractivity contribution in [2.45, 2.75) is 14.4 Å². The van der Waals surface area contributed by atoms with Crippen LogP contribution in [0.5, 0.6) is 6.01 Å². The number of aromatic amines is 1. The summed E-state index contributed by atoms with van der Waals surface area (Å²) in [4.78, 5) is 31.8. The van der Waals surface area contributed by atoms with Crippen molar-refractivity contribution >= 4 is 23.0 Å². The van der Waals surface area contributed by atoms with Crippen LogP contribution in [0.3, 0.4) is 0 Å². The summed E-state index contributed by atoms with van der Waals surface area (Å²) in [5.41, 5.74) is 3.10. The van der Waals surface area contributed by atoms with Gasteiger partial charge < -0.3 is 15.0 Å². The highest BCUT2D eigenvalue weighted by Gasteiger charge is 2.17. The molecule has 3 heterocycles. The first-order valence-electron chi connectivity index (χ1n) is 9.15. The lowest BCUT2D eigenvalue weighted by Gasteiger charge is -2.08. The molecule has 3 N–H and O–H groups in total. The molecule has 160 valence electrons. The van der Waals surface area contributed by atoms with Crippen molar-refractivity contribution in [2.75, 3.05) is 19.0 Å². The number of nitrogens with one attached hydrogen (secondary N) is 3. The van der Waals surface area contributed by atoms with Gasteiger partial charge in [0.25, 0.3) is 0 Å². The number of amides is 2. The SMILES string of the molecule is C.CCNC(=O)Nc1nc2c(-c3ncccc3F)cc(-c3cnc(OC)nc3)cc2[nH]1. The van der Waals surface area contributed by atoms with Gasteiger partial charge in [-0.25, -0.2) is 24.1 Å². The number of carbonyl (C=O) groups is 1. The molecule has 0 unspecified atom stereocenters. The van der Waals surface area contributed by atoms with Crippen LogP contribution in [0.15, 0.2) is 42.9 Å². The van der Waals surface area contributed by atoms with E-state index in [1.54, 1.807) is 18.5 Å². The van der Waals surface area contributed by atoms with Gasteiger partial charge >= 0.3 is 12.0 Å². The number of aromatic nitrogens is 5. The number of hydrogen-bond donors (Lipinski definition) is 3. The molecule has 0 bridgehead atoms. The van der Waals surface area contributed by atoms with Gasteiger partial charge in [-0.05, 0) is 36.8 Å². The van der Waals surface area contributed by atoms with Crippen LogP contribution >= 0.6 is 0 Å². The minimum Gasteiger partial charge on any atom is -0.467 e. The Kier molecular flexibility index (Phi) is 6.39. The van der Waals surface area contributed by atoms with Crippen molar-refractivity contribution in [2.24, 2.45) is 0 Å². The fourth-order valence-corrected chi connectivity index (χ4v) is 2.99. The van der Waals surface area contributed by atoms with Crippen LogP contribution in [0, 0.1) is 5.82 Å². The fourth-order valence-electron chi connectivity index (χ4n) is 2.99. The van der Waals surface area contributed by atoms with Crippen LogP contribution in [-0.4, -0.2) is 44.6 Å². The average Bonchev–Trinajstić information content (AvgIpc) is 3.16. The van der Waals surface area contributed by atoms with E-state index < -0.39 is 11.8 Å². The molecule has 0 aliphatic rings. The van der Waals surface area contributed by atoms with E-state index >= 15 is 0 Å². The molecular formula is C21H22FN7O2. The number of imidazole rings is 1. The van der Waals surface area contributed by atoms with E-state index in [4.69, 9.17) is 4.74 Å². The molecule has 0 atom stereocenters. The normalized spacial score (nSPS) is 10.4. The number of fused-ring (bicyclic) bond motifs is 1. The second-order valence-electron chi connectivity index (χ2n) is 6.28. The molecule has 0 radical (unpaired) electrons. The monoisotopic (exact) mass is 423 g/mol. The maximum absolute atomic E-state index is 14.5. The number of benzene rings is 1. The lowest BCUT2D eigenvalue weighted by atomic mass is 10.0. The number of carbonyl (C=O) groups excluding carboxylic acids is 1. The summed E-state index contributed by atoms with van der Waals surface area (Å²) < 4.78 is 19.5. The van der Waals surface area contributed by atoms with E-state index in [1.807, 2.05) is 13.0 Å². The molecular weight excluding hydrogens is 401 g/mol. The van der Waals surface area contributed by atoms with Crippen LogP contribution < -0.4 is 15.4 Å². The lowest BCUT2D eigenvalue weighted by Crippen LogP contribution is -2.28. The molecule has 1 aromatic carbocycles. The van der Waals surface area contributed by atoms with Gasteiger partial charge in [-0.2, -0.15) is 0 Å². The van der Waals surface area contributed by atoms with E-state index in [-0.39, 0.29) is 25.1 Å². The van der Waals surface area contributed by atoms with Crippen molar-refractivity contribution in [3.05, 3.63) is 48.7 Å². The van der Waals surface area contributed by atoms with Crippen LogP contribution in [0.1, 0.15) is 14.4 Å². The van der Waals surface area contributed by atoms with Crippen molar-refractivity contribution < 1.29 is 13.9 Å². The highest BCUT2D eigenvalue weighted by molar-refractivity contribution is 5.98. The quantitative estimate of drug-likeness (QED) is 0.446. The second kappa shape index (κ2) is 9.16. The predicted molar refractivity (Wildman–Crippen MR) is 116 cm³/mol. The molecule has 9 nitrogen and oxygen atoms in total. The zero-order chi connectivity index (χ0) is 21.1. The number of methoxy groups -OCH3 is 1. The molecule has 0 saturated heterocycles. The Hall–Kier alpha value is -4.08. The van der Waals surface area contributed by atoms with Gasteiger partial charge in [0.1, 0.15) is 17.0 Å². The number of nitrogens with zero attached hydrogens (tertiary/aromatic N) is 4. The number of urea groups is 1. The van der Waals surface area contributed by atoms with Crippen molar-refractivity contribution in [3.63, 3.8) is 0 Å². The number of H-pyrrole nitrogens is 1. The Bertz CT molecular complexity index is 1210. The summed E-state index contributed by atoms with van der Waals surface area (Å²) >= 11 is 0. The standard InChI is InChI=1S/C20H18FN7O2.CH4/c1-3-22-19(29)28-18-26-15-8-11(12-9-24-20(30-2)25-10-12)7-13(17(15)27-18)16-14(21)5-4-6-23-16;/h4-10H,3H2,1-2H3,(H3,22,26,27,28,29);1H4. The summed E-state index contributed by atoms with van der Waals surface area (Å²) in [6.07, 6.45) is 4.72. The summed E-state index contributed by atoms with van der Waals surface area (Å²) in [6.45, 7) is 2.28. The first-order valence-corrected chi connectivity index (χ1v) is 9.15. The maximum Gasteiger partial charge on any atom is 0.321 e. The summed E-state index contributed by atoms with van der Waals surface area (Å²) in [5, 5.41) is 5.26. The fraction of sp³-hybridized carbons (Fsp3) is 0.190. The Labute approximate surface area is 178 Å². The zero-order valence-corrected chi connectivity index (χ0v) is 16.2. The van der Waals surface area contributed by atoms with Gasteiger partial charge in [0.2, 0.25) is 5.95 Å². The van der Waals surface area contributed by atoms with E-state index in [0.29, 0.717) is 28.7 Å². The molecule has 3 aromatic heterocycles. The number of rotatable bonds is 5. The van der Waals surface area contributed by atoms with Gasteiger partial charge in [0.15, 0.2) is 0 Å². The third kappa shape index (κ3) is 4.42. The Morgan fingerprint density at radius 1 is 1.19 bits per heavy atom. The largest absolute Gasteiger partial charge is 0.467 e. The van der Waals surface area contributed by atoms with Crippen molar-refractivity contribution in [3.8, 4) is 28.4 Å². The third-order valence-corrected chi connectivity index (χ3v) is 4.31. The third-order valence-electron chi connectivity index (χ3n) is 4.31. The molecule has 0 saturated carbocycles. The summed E-state index contributed by atoms with van der Waals surface area (Å²) in [6, 6.07) is 6.27. The minimum atomic E-state index is -0.483. The van der Waals surface area contributed by atoms with E-state index in [1.165, 1.54) is 25.4 Å². The first kappa shape index (κ1) is 21.6. The molecule has 10 heteroatoms. The summed E-state index contributed by atoms with van der Waals surface area (Å²) in [7, 11) is 1.48. The molecule has 31 heavy (non-hydrogen) atoms. The number of pyridine rings is 1. The van der Waals surface area contributed by atoms with Gasteiger partial charge in [-0.15, -0.1) is 0 Å². The highest BCUT2D eigenvalue weighted by Crippen LogP contribution is 2.33. The molecule has 4 aromatic rings. The van der Waals surface area contributed by atoms with E-state index in [0.717, 1.165) is 5.56 Å². The van der Waals surface area contributed by atoms with Crippen molar-refractivity contribution in [1.29, 1.82) is 0 Å². The second-order valence-corrected chi connectivity index (χ2v) is 6.28. The maximum atomic E-state index is 14.5. The predicted octanol–water partition coefficient (Wildman–Crippen LogP) is 4.01. The molecule has 2 amide bonds. The van der Waals surface area contributed by atoms with Gasteiger partial charge in [-0.3, -0.25) is 10.3 Å². The van der Waals surface area contributed by atoms with Gasteiger partial charge in [0.05, 0.1) is 12.6 Å². The number of ether oxygens (including phenoxy) is 1. The topological polar surface area (TPSA) is 118 Å². The number of halogens is 1. The van der Waals surface area contributed by atoms with E-state index in [9.17, 15) is 9.18 Å². The minimum absolute atomic E-state index is 0. The number of anilines is 1. The molecule has 0 spiro atoms. The van der Waals surface area contributed by atoms with Crippen LogP contribution in [0.25, 0.3) is 33.4 Å². The molecule has 0 aliphatic carbocycles. The van der Waals surface area contributed by atoms with Crippen LogP contribution in [-0.2, 0) is 0 Å². The zero-order valence-electron chi connectivity index (χ0n) is 16.2. The van der Waals surface area contributed by atoms with E-state index in [2.05, 4.69) is 35.6 Å². The Balaban J connectivity index is 0.00000272. The highest BCUT2D eigenvalue weighted by atomic mass is 19.1. The van der Waals surface area contributed by atoms with Gasteiger partial charge in [-0.1, -0.05) is 7.43 Å². The summed E-state index contributed by atoms with van der Waals surface area (Å²) in [5.74, 6) is -0.250. The van der Waals surface area contributed by atoms with Crippen molar-refractivity contribution in [1.82, 2.24) is 30.2 Å².